The molecule has 0 aromatic carbocycles. The number of carboxylic acid groups (broad SMARTS) is 1. The highest BCUT2D eigenvalue weighted by Crippen LogP contribution is 2.31. The van der Waals surface area contributed by atoms with Crippen LogP contribution in [-0.2, 0) is 4.79 Å². The lowest BCUT2D eigenvalue weighted by atomic mass is 9.90. The minimum Gasteiger partial charge on any atom is -0.465 e. The molecule has 17 heavy (non-hydrogen) atoms. The monoisotopic (exact) mass is 244 g/mol. The molecule has 7 heteroatoms. The number of amides is 2. The van der Waals surface area contributed by atoms with Crippen molar-refractivity contribution in [1.29, 1.82) is 0 Å². The summed E-state index contributed by atoms with van der Waals surface area (Å²) in [6.07, 6.45) is -1.46. The standard InChI is InChI=1S/C10H16N2O5/c13-2-1-11-4-6-3-7(14)5-12(10(16)17)8(6)9(11)15/h6-8,13-14H,1-5H2,(H,16,17)/t6?,7?,8-/m0/s1. The lowest BCUT2D eigenvalue weighted by Gasteiger charge is -2.35. The SMILES string of the molecule is O=C1[C@@H]2C(CC(O)CN2C(=O)O)CN1CCO. The Bertz CT molecular complexity index is 335. The van der Waals surface area contributed by atoms with E-state index in [2.05, 4.69) is 0 Å². The van der Waals surface area contributed by atoms with Crippen molar-refractivity contribution in [3.8, 4) is 0 Å². The summed E-state index contributed by atoms with van der Waals surface area (Å²) in [4.78, 5) is 25.5. The summed E-state index contributed by atoms with van der Waals surface area (Å²) in [7, 11) is 0. The highest BCUT2D eigenvalue weighted by atomic mass is 16.4. The summed E-state index contributed by atoms with van der Waals surface area (Å²) in [5.41, 5.74) is 0. The van der Waals surface area contributed by atoms with Crippen molar-refractivity contribution in [2.75, 3.05) is 26.2 Å². The molecule has 3 N–H and O–H groups in total. The Morgan fingerprint density at radius 2 is 2.12 bits per heavy atom. The van der Waals surface area contributed by atoms with E-state index in [1.165, 1.54) is 4.90 Å². The Morgan fingerprint density at radius 1 is 1.41 bits per heavy atom. The van der Waals surface area contributed by atoms with Crippen molar-refractivity contribution in [1.82, 2.24) is 9.80 Å². The lowest BCUT2D eigenvalue weighted by molar-refractivity contribution is -0.133. The highest BCUT2D eigenvalue weighted by Gasteiger charge is 2.49. The zero-order valence-electron chi connectivity index (χ0n) is 9.32. The number of carbonyl (C=O) groups is 2. The van der Waals surface area contributed by atoms with Gasteiger partial charge in [-0.2, -0.15) is 0 Å². The molecule has 2 amide bonds. The molecule has 3 atom stereocenters. The molecule has 2 unspecified atom stereocenters. The second-order valence-electron chi connectivity index (χ2n) is 4.54. The summed E-state index contributed by atoms with van der Waals surface area (Å²) in [6.45, 7) is 0.469. The van der Waals surface area contributed by atoms with Crippen molar-refractivity contribution >= 4 is 12.0 Å². The van der Waals surface area contributed by atoms with Crippen molar-refractivity contribution in [3.63, 3.8) is 0 Å². The molecule has 0 saturated carbocycles. The van der Waals surface area contributed by atoms with Crippen LogP contribution < -0.4 is 0 Å². The number of β-amino-alcohol motifs (C(OH)–C–C–N with tert-alkyl or cyclic N) is 2. The Hall–Kier alpha value is -1.34. The molecule has 2 heterocycles. The number of fused-ring (bicyclic) bond motifs is 1. The fourth-order valence-electron chi connectivity index (χ4n) is 2.74. The normalized spacial score (nSPS) is 32.8. The van der Waals surface area contributed by atoms with Gasteiger partial charge in [0.25, 0.3) is 0 Å². The summed E-state index contributed by atoms with van der Waals surface area (Å²) in [5.74, 6) is -0.438. The number of aliphatic hydroxyl groups is 2. The molecule has 2 fully saturated rings. The molecule has 7 nitrogen and oxygen atoms in total. The number of piperidine rings is 1. The highest BCUT2D eigenvalue weighted by molar-refractivity contribution is 5.88. The van der Waals surface area contributed by atoms with Crippen LogP contribution in [0.2, 0.25) is 0 Å². The average Bonchev–Trinajstić information content (AvgIpc) is 2.55. The first-order chi connectivity index (χ1) is 8.04. The van der Waals surface area contributed by atoms with Crippen LogP contribution in [-0.4, -0.2) is 75.5 Å². The molecule has 0 spiro atoms. The number of nitrogens with zero attached hydrogens (tertiary/aromatic N) is 2. The second-order valence-corrected chi connectivity index (χ2v) is 4.54. The summed E-state index contributed by atoms with van der Waals surface area (Å²) >= 11 is 0. The number of rotatable bonds is 2. The van der Waals surface area contributed by atoms with E-state index >= 15 is 0 Å². The third kappa shape index (κ3) is 2.07. The Morgan fingerprint density at radius 3 is 2.71 bits per heavy atom. The maximum Gasteiger partial charge on any atom is 0.408 e. The van der Waals surface area contributed by atoms with Crippen LogP contribution in [0.4, 0.5) is 4.79 Å². The topological polar surface area (TPSA) is 101 Å². The molecule has 0 radical (unpaired) electrons. The van der Waals surface area contributed by atoms with Gasteiger partial charge < -0.3 is 20.2 Å². The van der Waals surface area contributed by atoms with Gasteiger partial charge in [0.2, 0.25) is 5.91 Å². The lowest BCUT2D eigenvalue weighted by Crippen LogP contribution is -2.54. The molecule has 96 valence electrons. The van der Waals surface area contributed by atoms with Gasteiger partial charge in [0.1, 0.15) is 6.04 Å². The third-order valence-corrected chi connectivity index (χ3v) is 3.40. The van der Waals surface area contributed by atoms with Crippen molar-refractivity contribution in [2.24, 2.45) is 5.92 Å². The van der Waals surface area contributed by atoms with Gasteiger partial charge in [-0.1, -0.05) is 0 Å². The van der Waals surface area contributed by atoms with E-state index in [1.807, 2.05) is 0 Å². The van der Waals surface area contributed by atoms with Gasteiger partial charge in [-0.15, -0.1) is 0 Å². The van der Waals surface area contributed by atoms with Gasteiger partial charge in [-0.25, -0.2) is 4.79 Å². The van der Waals surface area contributed by atoms with Crippen LogP contribution in [0.1, 0.15) is 6.42 Å². The molecule has 0 bridgehead atoms. The largest absolute Gasteiger partial charge is 0.465 e. The van der Waals surface area contributed by atoms with E-state index in [0.29, 0.717) is 13.0 Å². The van der Waals surface area contributed by atoms with Crippen molar-refractivity contribution in [3.05, 3.63) is 0 Å². The number of hydrogen-bond donors (Lipinski definition) is 3. The van der Waals surface area contributed by atoms with E-state index < -0.39 is 18.2 Å². The van der Waals surface area contributed by atoms with Crippen LogP contribution in [0, 0.1) is 5.92 Å². The fourth-order valence-corrected chi connectivity index (χ4v) is 2.74. The molecule has 2 aliphatic heterocycles. The van der Waals surface area contributed by atoms with Gasteiger partial charge in [-0.05, 0) is 6.42 Å². The van der Waals surface area contributed by atoms with E-state index in [4.69, 9.17) is 10.2 Å². The molecule has 0 aromatic rings. The Labute approximate surface area is 98.2 Å². The van der Waals surface area contributed by atoms with Gasteiger partial charge in [0, 0.05) is 19.0 Å². The molecule has 2 rings (SSSR count). The van der Waals surface area contributed by atoms with Gasteiger partial charge in [0.05, 0.1) is 19.3 Å². The van der Waals surface area contributed by atoms with Crippen LogP contribution >= 0.6 is 0 Å². The van der Waals surface area contributed by atoms with E-state index in [9.17, 15) is 14.7 Å². The van der Waals surface area contributed by atoms with Crippen molar-refractivity contribution in [2.45, 2.75) is 18.6 Å². The molecular formula is C10H16N2O5. The number of aliphatic hydroxyl groups excluding tert-OH is 2. The fraction of sp³-hybridized carbons (Fsp3) is 0.800. The van der Waals surface area contributed by atoms with E-state index in [1.54, 1.807) is 0 Å². The Balaban J connectivity index is 2.18. The zero-order chi connectivity index (χ0) is 12.6. The molecular weight excluding hydrogens is 228 g/mol. The minimum absolute atomic E-state index is 0.0186. The smallest absolute Gasteiger partial charge is 0.408 e. The number of hydrogen-bond acceptors (Lipinski definition) is 4. The predicted molar refractivity (Wildman–Crippen MR) is 56.3 cm³/mol. The van der Waals surface area contributed by atoms with Crippen LogP contribution in [0.25, 0.3) is 0 Å². The zero-order valence-corrected chi connectivity index (χ0v) is 9.32. The summed E-state index contributed by atoms with van der Waals surface area (Å²) in [5, 5.41) is 27.5. The quantitative estimate of drug-likeness (QED) is 0.551. The first kappa shape index (κ1) is 12.1. The minimum atomic E-state index is -1.18. The van der Waals surface area contributed by atoms with E-state index in [-0.39, 0.29) is 31.5 Å². The predicted octanol–water partition coefficient (Wildman–Crippen LogP) is -1.45. The van der Waals surface area contributed by atoms with Gasteiger partial charge in [-0.3, -0.25) is 9.69 Å². The second kappa shape index (κ2) is 4.50. The van der Waals surface area contributed by atoms with Crippen LogP contribution in [0.3, 0.4) is 0 Å². The van der Waals surface area contributed by atoms with E-state index in [0.717, 1.165) is 4.90 Å². The molecule has 2 saturated heterocycles. The van der Waals surface area contributed by atoms with Crippen LogP contribution in [0.5, 0.6) is 0 Å². The number of carbonyl (C=O) groups excluding carboxylic acids is 1. The van der Waals surface area contributed by atoms with Gasteiger partial charge in [0.15, 0.2) is 0 Å². The summed E-state index contributed by atoms with van der Waals surface area (Å²) in [6, 6.07) is -0.692. The number of likely N-dealkylation sites (tertiary alicyclic amines) is 2. The molecule has 2 aliphatic rings. The molecule has 0 aromatic heterocycles. The maximum atomic E-state index is 12.0. The third-order valence-electron chi connectivity index (χ3n) is 3.40. The van der Waals surface area contributed by atoms with Crippen LogP contribution in [0.15, 0.2) is 0 Å². The average molecular weight is 244 g/mol. The summed E-state index contributed by atoms with van der Waals surface area (Å²) < 4.78 is 0. The first-order valence-corrected chi connectivity index (χ1v) is 5.62. The first-order valence-electron chi connectivity index (χ1n) is 5.62. The van der Waals surface area contributed by atoms with Gasteiger partial charge >= 0.3 is 6.09 Å². The Kier molecular flexibility index (Phi) is 3.21. The molecule has 0 aliphatic carbocycles. The maximum absolute atomic E-state index is 12.0. The van der Waals surface area contributed by atoms with Crippen molar-refractivity contribution < 1.29 is 24.9 Å².